The number of rotatable bonds is 8. The van der Waals surface area contributed by atoms with Crippen molar-refractivity contribution in [3.05, 3.63) is 65.0 Å². The highest BCUT2D eigenvalue weighted by Gasteiger charge is 2.19. The molecule has 0 saturated carbocycles. The van der Waals surface area contributed by atoms with E-state index in [9.17, 15) is 14.0 Å². The Morgan fingerprint density at radius 1 is 1.11 bits per heavy atom. The van der Waals surface area contributed by atoms with E-state index in [1.54, 1.807) is 17.0 Å². The van der Waals surface area contributed by atoms with E-state index >= 15 is 0 Å². The van der Waals surface area contributed by atoms with Crippen LogP contribution in [0.4, 0.5) is 10.1 Å². The van der Waals surface area contributed by atoms with Crippen LogP contribution in [0.25, 0.3) is 0 Å². The second kappa shape index (κ2) is 9.99. The topological polar surface area (TPSA) is 53.9 Å². The Bertz CT molecular complexity index is 838. The summed E-state index contributed by atoms with van der Waals surface area (Å²) in [5.74, 6) is -0.511. The number of anilines is 1. The number of aryl methyl sites for hydroxylation is 1. The van der Waals surface area contributed by atoms with Crippen molar-refractivity contribution in [3.8, 4) is 0 Å². The summed E-state index contributed by atoms with van der Waals surface area (Å²) >= 11 is 0. The van der Waals surface area contributed by atoms with Crippen molar-refractivity contribution in [2.24, 2.45) is 0 Å². The maximum atomic E-state index is 13.4. The molecule has 0 aromatic heterocycles. The summed E-state index contributed by atoms with van der Waals surface area (Å²) in [6, 6.07) is 12.0. The molecule has 0 heterocycles. The van der Waals surface area contributed by atoms with Gasteiger partial charge in [0.25, 0.3) is 11.8 Å². The molecule has 6 heteroatoms. The molecule has 1 atom stereocenters. The van der Waals surface area contributed by atoms with Crippen LogP contribution < -0.4 is 10.2 Å². The van der Waals surface area contributed by atoms with Gasteiger partial charge in [0.1, 0.15) is 5.82 Å². The van der Waals surface area contributed by atoms with Crippen molar-refractivity contribution in [1.29, 1.82) is 0 Å². The van der Waals surface area contributed by atoms with Crippen LogP contribution in [0.15, 0.2) is 42.5 Å². The summed E-state index contributed by atoms with van der Waals surface area (Å²) in [7, 11) is 1.82. The van der Waals surface area contributed by atoms with Gasteiger partial charge in [0.15, 0.2) is 13.1 Å². The third-order valence-electron chi connectivity index (χ3n) is 4.79. The monoisotopic (exact) mass is 386 g/mol. The van der Waals surface area contributed by atoms with Crippen LogP contribution in [0.2, 0.25) is 0 Å². The van der Waals surface area contributed by atoms with Crippen molar-refractivity contribution in [2.75, 3.05) is 32.0 Å². The van der Waals surface area contributed by atoms with Gasteiger partial charge >= 0.3 is 0 Å². The van der Waals surface area contributed by atoms with Gasteiger partial charge in [-0.2, -0.15) is 0 Å². The van der Waals surface area contributed by atoms with Gasteiger partial charge in [-0.15, -0.1) is 0 Å². The van der Waals surface area contributed by atoms with E-state index in [0.717, 1.165) is 27.3 Å². The van der Waals surface area contributed by atoms with Crippen LogP contribution in [0.5, 0.6) is 0 Å². The molecule has 2 amide bonds. The highest BCUT2D eigenvalue weighted by molar-refractivity contribution is 5.92. The van der Waals surface area contributed by atoms with Crippen LogP contribution in [0, 0.1) is 19.7 Å². The van der Waals surface area contributed by atoms with E-state index in [1.807, 2.05) is 46.0 Å². The maximum absolute atomic E-state index is 13.4. The van der Waals surface area contributed by atoms with Crippen LogP contribution in [-0.2, 0) is 16.1 Å². The number of halogens is 1. The number of hydrogen-bond donors (Lipinski definition) is 2. The second-order valence-electron chi connectivity index (χ2n) is 7.14. The smallest absolute Gasteiger partial charge is 0.279 e. The zero-order chi connectivity index (χ0) is 20.7. The first-order chi connectivity index (χ1) is 13.3. The second-order valence-corrected chi connectivity index (χ2v) is 7.14. The molecule has 28 heavy (non-hydrogen) atoms. The number of amides is 2. The number of hydrogen-bond acceptors (Lipinski definition) is 2. The third kappa shape index (κ3) is 6.16. The Morgan fingerprint density at radius 2 is 1.82 bits per heavy atom. The Kier molecular flexibility index (Phi) is 7.70. The van der Waals surface area contributed by atoms with Crippen LogP contribution in [-0.4, -0.2) is 43.4 Å². The summed E-state index contributed by atoms with van der Waals surface area (Å²) in [4.78, 5) is 27.4. The number of nitrogens with zero attached hydrogens (tertiary/aromatic N) is 1. The first-order valence-corrected chi connectivity index (χ1v) is 9.49. The first kappa shape index (κ1) is 21.6. The van der Waals surface area contributed by atoms with E-state index in [4.69, 9.17) is 0 Å². The molecule has 0 bridgehead atoms. The molecule has 5 nitrogen and oxygen atoms in total. The fourth-order valence-corrected chi connectivity index (χ4v) is 3.02. The lowest BCUT2D eigenvalue weighted by Crippen LogP contribution is -3.11. The molecule has 0 spiro atoms. The van der Waals surface area contributed by atoms with E-state index in [2.05, 4.69) is 5.32 Å². The molecule has 2 rings (SSSR count). The van der Waals surface area contributed by atoms with Gasteiger partial charge in [-0.3, -0.25) is 9.59 Å². The van der Waals surface area contributed by atoms with E-state index in [1.165, 1.54) is 12.1 Å². The Labute approximate surface area is 166 Å². The van der Waals surface area contributed by atoms with Crippen LogP contribution in [0.1, 0.15) is 23.6 Å². The minimum absolute atomic E-state index is 0.0659. The molecule has 0 fully saturated rings. The zero-order valence-electron chi connectivity index (χ0n) is 17.0. The Balaban J connectivity index is 1.89. The van der Waals surface area contributed by atoms with Crippen LogP contribution >= 0.6 is 0 Å². The van der Waals surface area contributed by atoms with Gasteiger partial charge in [-0.05, 0) is 55.7 Å². The van der Waals surface area contributed by atoms with Crippen molar-refractivity contribution < 1.29 is 18.9 Å². The molecule has 0 aliphatic heterocycles. The van der Waals surface area contributed by atoms with E-state index in [0.29, 0.717) is 13.1 Å². The van der Waals surface area contributed by atoms with Gasteiger partial charge in [0, 0.05) is 18.8 Å². The Hall–Kier alpha value is -2.73. The van der Waals surface area contributed by atoms with Crippen molar-refractivity contribution in [3.63, 3.8) is 0 Å². The summed E-state index contributed by atoms with van der Waals surface area (Å²) in [6.45, 7) is 7.13. The minimum Gasteiger partial charge on any atom is -0.334 e. The molecule has 0 aliphatic carbocycles. The quantitative estimate of drug-likeness (QED) is 0.729. The van der Waals surface area contributed by atoms with Crippen molar-refractivity contribution in [1.82, 2.24) is 4.90 Å². The molecule has 1 unspecified atom stereocenters. The highest BCUT2D eigenvalue weighted by Crippen LogP contribution is 2.17. The van der Waals surface area contributed by atoms with Gasteiger partial charge in [0.05, 0.1) is 7.05 Å². The molecular formula is C22H29FN3O2+. The maximum Gasteiger partial charge on any atom is 0.279 e. The van der Waals surface area contributed by atoms with Crippen molar-refractivity contribution >= 4 is 17.5 Å². The zero-order valence-corrected chi connectivity index (χ0v) is 17.0. The SMILES string of the molecule is CCN(Cc1cccc(F)c1)C(=O)C[NH+](C)CC(=O)Nc1cccc(C)c1C. The lowest BCUT2D eigenvalue weighted by atomic mass is 10.1. The van der Waals surface area contributed by atoms with Crippen LogP contribution in [0.3, 0.4) is 0 Å². The molecule has 0 radical (unpaired) electrons. The number of carbonyl (C=O) groups is 2. The number of likely N-dealkylation sites (N-methyl/N-ethyl adjacent to an activating group) is 2. The van der Waals surface area contributed by atoms with Gasteiger partial charge in [-0.25, -0.2) is 4.39 Å². The third-order valence-corrected chi connectivity index (χ3v) is 4.79. The van der Waals surface area contributed by atoms with E-state index < -0.39 is 0 Å². The number of nitrogens with one attached hydrogen (secondary N) is 2. The van der Waals surface area contributed by atoms with Gasteiger partial charge in [-0.1, -0.05) is 24.3 Å². The summed E-state index contributed by atoms with van der Waals surface area (Å²) in [6.07, 6.45) is 0. The summed E-state index contributed by atoms with van der Waals surface area (Å²) in [5, 5.41) is 2.92. The molecule has 0 aliphatic rings. The molecule has 2 N–H and O–H groups in total. The number of benzene rings is 2. The lowest BCUT2D eigenvalue weighted by Gasteiger charge is -2.23. The fourth-order valence-electron chi connectivity index (χ4n) is 3.02. The summed E-state index contributed by atoms with van der Waals surface area (Å²) in [5.41, 5.74) is 3.70. The standard InChI is InChI=1S/C22H28FN3O2/c1-5-26(13-18-9-7-10-19(23)12-18)22(28)15-25(4)14-21(27)24-20-11-6-8-16(2)17(20)3/h6-12H,5,13-15H2,1-4H3,(H,24,27)/p+1. The van der Waals surface area contributed by atoms with Crippen molar-refractivity contribution in [2.45, 2.75) is 27.3 Å². The summed E-state index contributed by atoms with van der Waals surface area (Å²) < 4.78 is 13.4. The average molecular weight is 386 g/mol. The van der Waals surface area contributed by atoms with Gasteiger partial charge in [0.2, 0.25) is 0 Å². The molecule has 2 aromatic carbocycles. The highest BCUT2D eigenvalue weighted by atomic mass is 19.1. The molecule has 2 aromatic rings. The fraction of sp³-hybridized carbons (Fsp3) is 0.364. The van der Waals surface area contributed by atoms with E-state index in [-0.39, 0.29) is 30.7 Å². The average Bonchev–Trinajstić information content (AvgIpc) is 2.63. The Morgan fingerprint density at radius 3 is 2.50 bits per heavy atom. The molecule has 150 valence electrons. The predicted molar refractivity (Wildman–Crippen MR) is 109 cm³/mol. The first-order valence-electron chi connectivity index (χ1n) is 9.49. The molecule has 0 saturated heterocycles. The normalized spacial score (nSPS) is 11.8. The lowest BCUT2D eigenvalue weighted by molar-refractivity contribution is -0.862. The minimum atomic E-state index is -0.313. The largest absolute Gasteiger partial charge is 0.334 e. The predicted octanol–water partition coefficient (Wildman–Crippen LogP) is 1.94. The number of quaternary nitrogens is 1. The molecular weight excluding hydrogens is 357 g/mol. The number of carbonyl (C=O) groups excluding carboxylic acids is 2. The van der Waals surface area contributed by atoms with Gasteiger partial charge < -0.3 is 15.1 Å².